The third-order valence-electron chi connectivity index (χ3n) is 6.39. The van der Waals surface area contributed by atoms with Crippen molar-refractivity contribution in [2.45, 2.75) is 36.6 Å². The van der Waals surface area contributed by atoms with Gasteiger partial charge in [0.25, 0.3) is 0 Å². The maximum atomic E-state index is 13.3. The summed E-state index contributed by atoms with van der Waals surface area (Å²) in [5.41, 5.74) is 1.31. The van der Waals surface area contributed by atoms with Crippen LogP contribution in [0.2, 0.25) is 5.02 Å². The summed E-state index contributed by atoms with van der Waals surface area (Å²) in [6.45, 7) is 2.55. The van der Waals surface area contributed by atoms with E-state index in [1.807, 2.05) is 12.1 Å². The van der Waals surface area contributed by atoms with Crippen LogP contribution in [0.3, 0.4) is 0 Å². The summed E-state index contributed by atoms with van der Waals surface area (Å²) in [7, 11) is -3.60. The van der Waals surface area contributed by atoms with Gasteiger partial charge < -0.3 is 9.42 Å². The first-order valence-electron chi connectivity index (χ1n) is 11.4. The summed E-state index contributed by atoms with van der Waals surface area (Å²) in [4.78, 5) is 2.61. The number of nitrogens with one attached hydrogen (secondary N) is 1. The molecule has 0 spiro atoms. The lowest BCUT2D eigenvalue weighted by atomic mass is 10.1. The molecule has 1 aromatic heterocycles. The van der Waals surface area contributed by atoms with Crippen LogP contribution in [0.4, 0.5) is 4.39 Å². The monoisotopic (exact) mass is 501 g/mol. The van der Waals surface area contributed by atoms with Gasteiger partial charge >= 0.3 is 0 Å². The Hall–Kier alpha value is -2.52. The van der Waals surface area contributed by atoms with Gasteiger partial charge in [0.05, 0.1) is 10.6 Å². The minimum Gasteiger partial charge on any atom is -0.356 e. The van der Waals surface area contributed by atoms with E-state index in [9.17, 15) is 12.8 Å². The number of aromatic nitrogens is 1. The summed E-state index contributed by atoms with van der Waals surface area (Å²) >= 11 is 6.02. The predicted molar refractivity (Wildman–Crippen MR) is 131 cm³/mol. The number of halogens is 2. The summed E-state index contributed by atoms with van der Waals surface area (Å²) in [6.07, 6.45) is 3.16. The highest BCUT2D eigenvalue weighted by atomic mass is 35.5. The van der Waals surface area contributed by atoms with Crippen molar-refractivity contribution < 1.29 is 17.3 Å². The van der Waals surface area contributed by atoms with Crippen LogP contribution in [0.5, 0.6) is 0 Å². The van der Waals surface area contributed by atoms with Gasteiger partial charge in [0.2, 0.25) is 10.0 Å². The van der Waals surface area contributed by atoms with E-state index in [1.54, 1.807) is 30.3 Å². The number of nitrogens with zero attached hydrogens (tertiary/aromatic N) is 2. The highest BCUT2D eigenvalue weighted by Crippen LogP contribution is 2.24. The molecule has 34 heavy (non-hydrogen) atoms. The highest BCUT2D eigenvalue weighted by Gasteiger charge is 2.25. The van der Waals surface area contributed by atoms with Crippen LogP contribution >= 0.6 is 11.6 Å². The lowest BCUT2D eigenvalue weighted by Crippen LogP contribution is -2.44. The third kappa shape index (κ3) is 5.10. The minimum atomic E-state index is -3.60. The number of benzene rings is 3. The molecule has 1 saturated heterocycles. The van der Waals surface area contributed by atoms with E-state index < -0.39 is 10.0 Å². The molecule has 0 radical (unpaired) electrons. The molecule has 0 unspecified atom stereocenters. The average Bonchev–Trinajstić information content (AvgIpc) is 3.21. The number of aryl methyl sites for hydroxylation is 1. The zero-order valence-electron chi connectivity index (χ0n) is 18.5. The first-order valence-corrected chi connectivity index (χ1v) is 13.2. The van der Waals surface area contributed by atoms with Crippen molar-refractivity contribution in [3.05, 3.63) is 71.1 Å². The minimum absolute atomic E-state index is 0.0865. The van der Waals surface area contributed by atoms with Crippen molar-refractivity contribution >= 4 is 43.4 Å². The van der Waals surface area contributed by atoms with Crippen LogP contribution in [0.25, 0.3) is 21.7 Å². The quantitative estimate of drug-likeness (QED) is 0.379. The maximum Gasteiger partial charge on any atom is 0.240 e. The van der Waals surface area contributed by atoms with Crippen molar-refractivity contribution in [3.63, 3.8) is 0 Å². The molecule has 0 bridgehead atoms. The van der Waals surface area contributed by atoms with Gasteiger partial charge in [-0.2, -0.15) is 0 Å². The van der Waals surface area contributed by atoms with Crippen molar-refractivity contribution in [3.8, 4) is 0 Å². The lowest BCUT2D eigenvalue weighted by Gasteiger charge is -2.32. The molecule has 1 fully saturated rings. The number of rotatable bonds is 7. The van der Waals surface area contributed by atoms with E-state index in [0.29, 0.717) is 10.6 Å². The molecule has 0 atom stereocenters. The molecular formula is C25H25ClFN3O3S. The topological polar surface area (TPSA) is 75.4 Å². The maximum absolute atomic E-state index is 13.3. The number of hydrogen-bond donors (Lipinski definition) is 1. The van der Waals surface area contributed by atoms with Crippen LogP contribution < -0.4 is 4.72 Å². The van der Waals surface area contributed by atoms with E-state index in [0.717, 1.165) is 67.2 Å². The number of sulfonamides is 1. The third-order valence-corrected chi connectivity index (χ3v) is 8.14. The highest BCUT2D eigenvalue weighted by molar-refractivity contribution is 7.89. The Kier molecular flexibility index (Phi) is 6.57. The standard InChI is InChI=1S/C25H25ClFN3O3S/c26-19-5-3-18-15-22(7-4-17(18)14-19)34(31,32)29-21-9-12-30(13-10-21)11-1-2-24-23-8-6-20(27)16-25(23)33-28-24/h3-8,14-16,21,29H,1-2,9-13H2. The number of hydrogen-bond acceptors (Lipinski definition) is 5. The number of piperidine rings is 1. The van der Waals surface area contributed by atoms with Crippen molar-refractivity contribution in [2.75, 3.05) is 19.6 Å². The smallest absolute Gasteiger partial charge is 0.240 e. The first-order chi connectivity index (χ1) is 16.4. The summed E-state index contributed by atoms with van der Waals surface area (Å²) < 4.78 is 47.3. The molecule has 178 valence electrons. The van der Waals surface area contributed by atoms with E-state index in [2.05, 4.69) is 14.8 Å². The van der Waals surface area contributed by atoms with Crippen LogP contribution in [0.1, 0.15) is 25.0 Å². The summed E-state index contributed by atoms with van der Waals surface area (Å²) in [5.74, 6) is -0.334. The van der Waals surface area contributed by atoms with Crippen molar-refractivity contribution in [2.24, 2.45) is 0 Å². The second-order valence-electron chi connectivity index (χ2n) is 8.76. The molecule has 2 heterocycles. The average molecular weight is 502 g/mol. The van der Waals surface area contributed by atoms with Gasteiger partial charge in [-0.05, 0) is 92.5 Å². The molecule has 0 saturated carbocycles. The molecule has 1 aliphatic heterocycles. The van der Waals surface area contributed by atoms with Gasteiger partial charge in [-0.25, -0.2) is 17.5 Å². The van der Waals surface area contributed by atoms with Crippen LogP contribution in [0.15, 0.2) is 64.0 Å². The Morgan fingerprint density at radius 2 is 1.82 bits per heavy atom. The van der Waals surface area contributed by atoms with Gasteiger partial charge in [0, 0.05) is 22.5 Å². The Morgan fingerprint density at radius 1 is 1.06 bits per heavy atom. The second kappa shape index (κ2) is 9.62. The molecule has 0 aliphatic carbocycles. The number of likely N-dealkylation sites (tertiary alicyclic amines) is 1. The summed E-state index contributed by atoms with van der Waals surface area (Å²) in [6, 6.07) is 14.9. The van der Waals surface area contributed by atoms with Crippen LogP contribution in [0, 0.1) is 5.82 Å². The van der Waals surface area contributed by atoms with Gasteiger partial charge in [-0.15, -0.1) is 0 Å². The molecule has 3 aromatic carbocycles. The molecule has 0 amide bonds. The Morgan fingerprint density at radius 3 is 2.65 bits per heavy atom. The zero-order valence-corrected chi connectivity index (χ0v) is 20.1. The molecule has 4 aromatic rings. The van der Waals surface area contributed by atoms with Crippen LogP contribution in [-0.4, -0.2) is 44.2 Å². The normalized spacial score (nSPS) is 15.9. The first kappa shape index (κ1) is 23.2. The van der Waals surface area contributed by atoms with Crippen molar-refractivity contribution in [1.29, 1.82) is 0 Å². The van der Waals surface area contributed by atoms with E-state index >= 15 is 0 Å². The molecule has 1 N–H and O–H groups in total. The fourth-order valence-electron chi connectivity index (χ4n) is 4.54. The van der Waals surface area contributed by atoms with Gasteiger partial charge in [-0.1, -0.05) is 28.9 Å². The SMILES string of the molecule is O=S(=O)(NC1CCN(CCCc2noc3cc(F)ccc23)CC1)c1ccc2cc(Cl)ccc2c1. The molecule has 9 heteroatoms. The largest absolute Gasteiger partial charge is 0.356 e. The van der Waals surface area contributed by atoms with Gasteiger partial charge in [0.15, 0.2) is 5.58 Å². The lowest BCUT2D eigenvalue weighted by molar-refractivity contribution is 0.205. The Labute approximate surface area is 202 Å². The Balaban J connectivity index is 1.12. The fraction of sp³-hybridized carbons (Fsp3) is 0.320. The molecular weight excluding hydrogens is 477 g/mol. The molecule has 1 aliphatic rings. The van der Waals surface area contributed by atoms with Gasteiger partial charge in [-0.3, -0.25) is 0 Å². The molecule has 5 rings (SSSR count). The predicted octanol–water partition coefficient (Wildman–Crippen LogP) is 5.15. The van der Waals surface area contributed by atoms with Gasteiger partial charge in [0.1, 0.15) is 5.82 Å². The zero-order chi connectivity index (χ0) is 23.7. The number of fused-ring (bicyclic) bond motifs is 2. The second-order valence-corrected chi connectivity index (χ2v) is 10.9. The fourth-order valence-corrected chi connectivity index (χ4v) is 6.06. The van der Waals surface area contributed by atoms with Crippen molar-refractivity contribution in [1.82, 2.24) is 14.8 Å². The van der Waals surface area contributed by atoms with E-state index in [1.165, 1.54) is 12.1 Å². The summed E-state index contributed by atoms with van der Waals surface area (Å²) in [5, 5.41) is 7.30. The molecule has 6 nitrogen and oxygen atoms in total. The van der Waals surface area contributed by atoms with Crippen LogP contribution in [-0.2, 0) is 16.4 Å². The van der Waals surface area contributed by atoms with E-state index in [4.69, 9.17) is 16.1 Å². The Bertz CT molecular complexity index is 1430. The van der Waals surface area contributed by atoms with E-state index in [-0.39, 0.29) is 16.8 Å².